The second-order valence-electron chi connectivity index (χ2n) is 12.2. The molecule has 0 aromatic rings. The summed E-state index contributed by atoms with van der Waals surface area (Å²) in [5.74, 6) is 0. The molecule has 0 radical (unpaired) electrons. The van der Waals surface area contributed by atoms with Gasteiger partial charge in [0.1, 0.15) is 0 Å². The van der Waals surface area contributed by atoms with Crippen molar-refractivity contribution in [2.75, 3.05) is 172 Å². The SMILES string of the molecule is C=CCOCCOCCOCCOCCOCCOCCOCCOCCOCCOCCOCCOCCOCCCCCCCCCCCCC. The van der Waals surface area contributed by atoms with Crippen LogP contribution in [-0.4, -0.2) is 172 Å². The summed E-state index contributed by atoms with van der Waals surface area (Å²) < 4.78 is 71.3. The summed E-state index contributed by atoms with van der Waals surface area (Å²) in [6, 6.07) is 0. The van der Waals surface area contributed by atoms with Gasteiger partial charge in [0.25, 0.3) is 0 Å². The third-order valence-corrected chi connectivity index (χ3v) is 7.59. The number of rotatable bonds is 50. The van der Waals surface area contributed by atoms with Crippen LogP contribution in [0.2, 0.25) is 0 Å². The Morgan fingerprint density at radius 1 is 0.245 bits per heavy atom. The summed E-state index contributed by atoms with van der Waals surface area (Å²) in [5.41, 5.74) is 0. The normalized spacial score (nSPS) is 11.6. The van der Waals surface area contributed by atoms with E-state index in [-0.39, 0.29) is 0 Å². The molecule has 0 bridgehead atoms. The summed E-state index contributed by atoms with van der Waals surface area (Å²) in [6.45, 7) is 20.1. The van der Waals surface area contributed by atoms with E-state index in [4.69, 9.17) is 61.6 Å². The lowest BCUT2D eigenvalue weighted by molar-refractivity contribution is -0.0289. The molecule has 0 unspecified atom stereocenters. The Bertz CT molecular complexity index is 648. The predicted molar refractivity (Wildman–Crippen MR) is 207 cm³/mol. The van der Waals surface area contributed by atoms with Crippen LogP contribution in [0, 0.1) is 0 Å². The molecule has 0 aromatic heterocycles. The Morgan fingerprint density at radius 2 is 0.434 bits per heavy atom. The van der Waals surface area contributed by atoms with E-state index in [2.05, 4.69) is 13.5 Å². The summed E-state index contributed by atoms with van der Waals surface area (Å²) in [5, 5.41) is 0. The molecule has 0 aliphatic heterocycles. The molecule has 318 valence electrons. The van der Waals surface area contributed by atoms with Crippen molar-refractivity contribution < 1.29 is 61.6 Å². The van der Waals surface area contributed by atoms with Crippen LogP contribution in [0.25, 0.3) is 0 Å². The zero-order valence-corrected chi connectivity index (χ0v) is 33.8. The summed E-state index contributed by atoms with van der Waals surface area (Å²) >= 11 is 0. The van der Waals surface area contributed by atoms with Crippen LogP contribution in [0.15, 0.2) is 12.7 Å². The molecule has 0 rings (SSSR count). The molecule has 0 amide bonds. The van der Waals surface area contributed by atoms with E-state index >= 15 is 0 Å². The van der Waals surface area contributed by atoms with Crippen molar-refractivity contribution in [1.29, 1.82) is 0 Å². The first-order valence-corrected chi connectivity index (χ1v) is 20.5. The van der Waals surface area contributed by atoms with Crippen LogP contribution in [0.4, 0.5) is 0 Å². The van der Waals surface area contributed by atoms with Gasteiger partial charge in [-0.25, -0.2) is 0 Å². The van der Waals surface area contributed by atoms with Gasteiger partial charge in [0.05, 0.1) is 165 Å². The first-order chi connectivity index (χ1) is 26.4. The fourth-order valence-corrected chi connectivity index (χ4v) is 4.67. The fraction of sp³-hybridized carbons (Fsp3) is 0.950. The molecule has 0 N–H and O–H groups in total. The van der Waals surface area contributed by atoms with E-state index in [0.717, 1.165) is 13.0 Å². The molecule has 0 spiro atoms. The highest BCUT2D eigenvalue weighted by Crippen LogP contribution is 2.11. The zero-order valence-electron chi connectivity index (χ0n) is 33.8. The smallest absolute Gasteiger partial charge is 0.0704 e. The van der Waals surface area contributed by atoms with Gasteiger partial charge in [0, 0.05) is 6.61 Å². The Kier molecular flexibility index (Phi) is 50.5. The summed E-state index contributed by atoms with van der Waals surface area (Å²) in [4.78, 5) is 0. The molecule has 0 heterocycles. The van der Waals surface area contributed by atoms with Crippen LogP contribution in [0.5, 0.6) is 0 Å². The first-order valence-electron chi connectivity index (χ1n) is 20.5. The molecule has 0 aliphatic carbocycles. The Balaban J connectivity index is 3.05. The average molecular weight is 769 g/mol. The van der Waals surface area contributed by atoms with Crippen molar-refractivity contribution in [3.63, 3.8) is 0 Å². The van der Waals surface area contributed by atoms with Gasteiger partial charge in [0.15, 0.2) is 0 Å². The third-order valence-electron chi connectivity index (χ3n) is 7.59. The zero-order chi connectivity index (χ0) is 38.1. The van der Waals surface area contributed by atoms with Gasteiger partial charge in [0.2, 0.25) is 0 Å². The third kappa shape index (κ3) is 51.2. The maximum atomic E-state index is 5.66. The Hall–Kier alpha value is -0.780. The quantitative estimate of drug-likeness (QED) is 0.0557. The van der Waals surface area contributed by atoms with Gasteiger partial charge in [-0.1, -0.05) is 77.2 Å². The molecule has 13 heteroatoms. The van der Waals surface area contributed by atoms with Crippen molar-refractivity contribution in [1.82, 2.24) is 0 Å². The van der Waals surface area contributed by atoms with Crippen LogP contribution in [-0.2, 0) is 61.6 Å². The van der Waals surface area contributed by atoms with Gasteiger partial charge in [-0.3, -0.25) is 0 Å². The minimum atomic E-state index is 0.514. The van der Waals surface area contributed by atoms with E-state index in [1.807, 2.05) is 0 Å². The van der Waals surface area contributed by atoms with Crippen LogP contribution >= 0.6 is 0 Å². The van der Waals surface area contributed by atoms with Gasteiger partial charge in [-0.05, 0) is 6.42 Å². The van der Waals surface area contributed by atoms with Crippen LogP contribution in [0.1, 0.15) is 77.6 Å². The molecule has 0 fully saturated rings. The predicted octanol–water partition coefficient (Wildman–Crippen LogP) is 5.70. The lowest BCUT2D eigenvalue weighted by Gasteiger charge is -2.09. The summed E-state index contributed by atoms with van der Waals surface area (Å²) in [6.07, 6.45) is 16.6. The van der Waals surface area contributed by atoms with Gasteiger partial charge in [-0.2, -0.15) is 0 Å². The monoisotopic (exact) mass is 769 g/mol. The molecular weight excluding hydrogens is 688 g/mol. The minimum Gasteiger partial charge on any atom is -0.379 e. The molecule has 0 saturated carbocycles. The van der Waals surface area contributed by atoms with E-state index < -0.39 is 0 Å². The highest BCUT2D eigenvalue weighted by atomic mass is 16.6. The molecule has 13 nitrogen and oxygen atoms in total. The molecule has 0 aromatic carbocycles. The van der Waals surface area contributed by atoms with Gasteiger partial charge in [-0.15, -0.1) is 6.58 Å². The fourth-order valence-electron chi connectivity index (χ4n) is 4.67. The van der Waals surface area contributed by atoms with Crippen LogP contribution in [0.3, 0.4) is 0 Å². The lowest BCUT2D eigenvalue weighted by Crippen LogP contribution is -2.15. The Morgan fingerprint density at radius 3 is 0.660 bits per heavy atom. The lowest BCUT2D eigenvalue weighted by atomic mass is 10.1. The number of hydrogen-bond acceptors (Lipinski definition) is 13. The highest BCUT2D eigenvalue weighted by Gasteiger charge is 1.98. The number of ether oxygens (including phenoxy) is 13. The highest BCUT2D eigenvalue weighted by molar-refractivity contribution is 4.63. The van der Waals surface area contributed by atoms with E-state index in [1.165, 1.54) is 64.2 Å². The average Bonchev–Trinajstić information content (AvgIpc) is 3.17. The molecule has 0 saturated heterocycles. The van der Waals surface area contributed by atoms with Crippen molar-refractivity contribution in [3.05, 3.63) is 12.7 Å². The van der Waals surface area contributed by atoms with Crippen molar-refractivity contribution in [2.45, 2.75) is 77.6 Å². The van der Waals surface area contributed by atoms with E-state index in [9.17, 15) is 0 Å². The number of unbranched alkanes of at least 4 members (excludes halogenated alkanes) is 10. The maximum absolute atomic E-state index is 5.66. The van der Waals surface area contributed by atoms with Crippen LogP contribution < -0.4 is 0 Å². The van der Waals surface area contributed by atoms with Crippen molar-refractivity contribution in [2.24, 2.45) is 0 Å². The second kappa shape index (κ2) is 51.2. The second-order valence-corrected chi connectivity index (χ2v) is 12.2. The summed E-state index contributed by atoms with van der Waals surface area (Å²) in [7, 11) is 0. The molecule has 0 atom stereocenters. The van der Waals surface area contributed by atoms with E-state index in [1.54, 1.807) is 6.08 Å². The van der Waals surface area contributed by atoms with E-state index in [0.29, 0.717) is 165 Å². The van der Waals surface area contributed by atoms with Gasteiger partial charge < -0.3 is 61.6 Å². The van der Waals surface area contributed by atoms with Gasteiger partial charge >= 0.3 is 0 Å². The number of hydrogen-bond donors (Lipinski definition) is 0. The topological polar surface area (TPSA) is 120 Å². The minimum absolute atomic E-state index is 0.514. The standard InChI is InChI=1S/C40H80O13/c1-3-5-6-7-8-9-10-11-12-13-14-16-42-18-20-44-22-24-46-26-28-48-30-32-50-34-36-52-38-40-53-39-37-51-35-33-49-31-29-47-27-25-45-23-21-43-19-17-41-15-4-2/h4H,2-3,5-40H2,1H3. The first kappa shape index (κ1) is 52.2. The van der Waals surface area contributed by atoms with Crippen molar-refractivity contribution in [3.8, 4) is 0 Å². The van der Waals surface area contributed by atoms with Crippen molar-refractivity contribution >= 4 is 0 Å². The molecule has 0 aliphatic rings. The maximum Gasteiger partial charge on any atom is 0.0704 e. The largest absolute Gasteiger partial charge is 0.379 e. The Labute approximate surface area is 323 Å². The molecular formula is C40H80O13. The molecule has 53 heavy (non-hydrogen) atoms.